The average molecular weight is 493 g/mol. The fourth-order valence-electron chi connectivity index (χ4n) is 3.24. The van der Waals surface area contributed by atoms with Gasteiger partial charge in [-0.1, -0.05) is 12.1 Å². The van der Waals surface area contributed by atoms with Gasteiger partial charge < -0.3 is 26.2 Å². The number of primary amides is 1. The number of ether oxygens (including phenoxy) is 1. The maximum atomic E-state index is 12.4. The van der Waals surface area contributed by atoms with Gasteiger partial charge in [0, 0.05) is 41.7 Å². The van der Waals surface area contributed by atoms with Gasteiger partial charge in [0.25, 0.3) is 0 Å². The van der Waals surface area contributed by atoms with Crippen molar-refractivity contribution in [2.75, 3.05) is 26.7 Å². The van der Waals surface area contributed by atoms with E-state index >= 15 is 0 Å². The highest BCUT2D eigenvalue weighted by Gasteiger charge is 2.15. The largest absolute Gasteiger partial charge is 0.507 e. The molecular formula is C27H32N4O5. The summed E-state index contributed by atoms with van der Waals surface area (Å²) in [5, 5.41) is 16.3. The molecular weight excluding hydrogens is 460 g/mol. The van der Waals surface area contributed by atoms with Crippen LogP contribution in [0.3, 0.4) is 0 Å². The first-order chi connectivity index (χ1) is 17.4. The van der Waals surface area contributed by atoms with Crippen LogP contribution in [-0.2, 0) is 0 Å². The zero-order valence-corrected chi connectivity index (χ0v) is 20.4. The molecule has 9 nitrogen and oxygen atoms in total. The molecule has 0 radical (unpaired) electrons. The Labute approximate surface area is 210 Å². The first-order valence-corrected chi connectivity index (χ1v) is 11.5. The van der Waals surface area contributed by atoms with E-state index in [0.717, 1.165) is 18.9 Å². The quantitative estimate of drug-likeness (QED) is 0.291. The number of phenols is 1. The first-order valence-electron chi connectivity index (χ1n) is 11.5. The fourth-order valence-corrected chi connectivity index (χ4v) is 3.24. The van der Waals surface area contributed by atoms with Gasteiger partial charge in [-0.25, -0.2) is 0 Å². The zero-order valence-electron chi connectivity index (χ0n) is 20.4. The Balaban J connectivity index is 0.000000246. The van der Waals surface area contributed by atoms with E-state index in [1.807, 2.05) is 14.0 Å². The summed E-state index contributed by atoms with van der Waals surface area (Å²) in [6.45, 7) is 4.63. The average Bonchev–Trinajstić information content (AvgIpc) is 3.45. The van der Waals surface area contributed by atoms with E-state index < -0.39 is 5.91 Å². The third-order valence-corrected chi connectivity index (χ3v) is 5.27. The number of nitrogens with one attached hydrogen (secondary N) is 2. The minimum atomic E-state index is -0.560. The van der Waals surface area contributed by atoms with Gasteiger partial charge in [0.05, 0.1) is 12.2 Å². The lowest BCUT2D eigenvalue weighted by Crippen LogP contribution is -2.26. The minimum absolute atomic E-state index is 0.123. The molecule has 1 saturated heterocycles. The van der Waals surface area contributed by atoms with Gasteiger partial charge in [0.2, 0.25) is 5.91 Å². The van der Waals surface area contributed by atoms with Crippen molar-refractivity contribution in [2.24, 2.45) is 5.73 Å². The lowest BCUT2D eigenvalue weighted by Gasteiger charge is -2.08. The van der Waals surface area contributed by atoms with E-state index in [0.29, 0.717) is 29.0 Å². The Bertz CT molecular complexity index is 1110. The number of aromatic nitrogens is 1. The molecule has 36 heavy (non-hydrogen) atoms. The molecule has 0 aliphatic carbocycles. The highest BCUT2D eigenvalue weighted by atomic mass is 16.5. The number of aromatic hydroxyl groups is 1. The number of carbonyl (C=O) groups excluding carboxylic acids is 3. The number of carbonyl (C=O) groups is 3. The van der Waals surface area contributed by atoms with Crippen LogP contribution >= 0.6 is 0 Å². The molecule has 1 atom stereocenters. The summed E-state index contributed by atoms with van der Waals surface area (Å²) >= 11 is 0. The molecule has 0 unspecified atom stereocenters. The molecule has 9 heteroatoms. The van der Waals surface area contributed by atoms with Gasteiger partial charge in [-0.3, -0.25) is 19.4 Å². The second-order valence-corrected chi connectivity index (χ2v) is 7.76. The maximum Gasteiger partial charge on any atom is 0.248 e. The number of pyridine rings is 1. The van der Waals surface area contributed by atoms with Crippen LogP contribution in [0, 0.1) is 0 Å². The van der Waals surface area contributed by atoms with Gasteiger partial charge >= 0.3 is 0 Å². The highest BCUT2D eigenvalue weighted by molar-refractivity contribution is 6.11. The molecule has 5 N–H and O–H groups in total. The number of hydrogen-bond donors (Lipinski definition) is 4. The molecule has 0 spiro atoms. The van der Waals surface area contributed by atoms with Gasteiger partial charge in [0.1, 0.15) is 17.8 Å². The summed E-state index contributed by atoms with van der Waals surface area (Å²) in [5.41, 5.74) is 6.63. The number of hydrogen-bond acceptors (Lipinski definition) is 8. The molecule has 4 rings (SSSR count). The van der Waals surface area contributed by atoms with Crippen molar-refractivity contribution in [1.82, 2.24) is 15.6 Å². The van der Waals surface area contributed by atoms with Crippen molar-refractivity contribution in [3.8, 4) is 11.5 Å². The number of rotatable bonds is 7. The lowest BCUT2D eigenvalue weighted by atomic mass is 10.0. The number of benzene rings is 2. The third-order valence-electron chi connectivity index (χ3n) is 5.27. The molecule has 1 amide bonds. The lowest BCUT2D eigenvalue weighted by molar-refractivity contribution is 0.0996. The van der Waals surface area contributed by atoms with E-state index in [4.69, 9.17) is 10.5 Å². The Morgan fingerprint density at radius 2 is 1.81 bits per heavy atom. The maximum absolute atomic E-state index is 12.4. The molecule has 0 bridgehead atoms. The standard InChI is InChI=1S/C16H15NO4.C6H5NO.C5H12N2/c1-2-21-12-7-8-14(18)13(9-12)15(19)10-3-5-11(6-4-10)16(17)20;8-5-6-1-3-7-4-2-6;1-6-5-2-3-7-4-5/h3-9,18H,2H2,1H3,(H2,17,20);1-5H;5-7H,2-4H2,1H3/t;;5-/m..0/s1. The minimum Gasteiger partial charge on any atom is -0.507 e. The number of phenolic OH excluding ortho intramolecular Hbond substituents is 1. The summed E-state index contributed by atoms with van der Waals surface area (Å²) in [6, 6.07) is 14.5. The second kappa shape index (κ2) is 15.0. The Morgan fingerprint density at radius 3 is 2.28 bits per heavy atom. The van der Waals surface area contributed by atoms with Crippen LogP contribution < -0.4 is 21.1 Å². The zero-order chi connectivity index (χ0) is 26.3. The SMILES string of the molecule is CCOc1ccc(O)c(C(=O)c2ccc(C(N)=O)cc2)c1.CN[C@H]1CCNC1.O=Cc1ccncc1. The monoisotopic (exact) mass is 492 g/mol. The Morgan fingerprint density at radius 1 is 1.14 bits per heavy atom. The van der Waals surface area contributed by atoms with Crippen molar-refractivity contribution in [3.05, 3.63) is 89.2 Å². The third kappa shape index (κ3) is 8.94. The van der Waals surface area contributed by atoms with Gasteiger partial charge in [0.15, 0.2) is 5.78 Å². The van der Waals surface area contributed by atoms with Crippen molar-refractivity contribution in [3.63, 3.8) is 0 Å². The van der Waals surface area contributed by atoms with Crippen LogP contribution in [0.5, 0.6) is 11.5 Å². The molecule has 2 heterocycles. The highest BCUT2D eigenvalue weighted by Crippen LogP contribution is 2.25. The van der Waals surface area contributed by atoms with E-state index in [1.54, 1.807) is 30.6 Å². The van der Waals surface area contributed by atoms with Crippen molar-refractivity contribution in [2.45, 2.75) is 19.4 Å². The number of nitrogens with two attached hydrogens (primary N) is 1. The van der Waals surface area contributed by atoms with Crippen molar-refractivity contribution < 1.29 is 24.2 Å². The predicted molar refractivity (Wildman–Crippen MR) is 138 cm³/mol. The molecule has 1 aromatic heterocycles. The van der Waals surface area contributed by atoms with E-state index in [-0.39, 0.29) is 17.1 Å². The van der Waals surface area contributed by atoms with Gasteiger partial charge in [-0.15, -0.1) is 0 Å². The number of aldehydes is 1. The van der Waals surface area contributed by atoms with Crippen LogP contribution in [0.25, 0.3) is 0 Å². The van der Waals surface area contributed by atoms with Crippen LogP contribution in [0.4, 0.5) is 0 Å². The van der Waals surface area contributed by atoms with Crippen LogP contribution in [0.15, 0.2) is 67.0 Å². The molecule has 1 aliphatic rings. The summed E-state index contributed by atoms with van der Waals surface area (Å²) in [5.74, 6) is -0.532. The summed E-state index contributed by atoms with van der Waals surface area (Å²) < 4.78 is 5.31. The number of likely N-dealkylation sites (N-methyl/N-ethyl adjacent to an activating group) is 1. The first kappa shape index (κ1) is 28.2. The van der Waals surface area contributed by atoms with E-state index in [9.17, 15) is 19.5 Å². The van der Waals surface area contributed by atoms with Crippen LogP contribution in [-0.4, -0.2) is 60.9 Å². The van der Waals surface area contributed by atoms with Crippen molar-refractivity contribution in [1.29, 1.82) is 0 Å². The molecule has 1 aliphatic heterocycles. The van der Waals surface area contributed by atoms with Gasteiger partial charge in [-0.2, -0.15) is 0 Å². The Hall–Kier alpha value is -4.08. The summed E-state index contributed by atoms with van der Waals surface area (Å²) in [7, 11) is 2.01. The molecule has 0 saturated carbocycles. The topological polar surface area (TPSA) is 144 Å². The van der Waals surface area contributed by atoms with Crippen molar-refractivity contribution >= 4 is 18.0 Å². The number of ketones is 1. The Kier molecular flexibility index (Phi) is 11.8. The summed E-state index contributed by atoms with van der Waals surface area (Å²) in [6.07, 6.45) is 5.26. The number of nitrogens with zero attached hydrogens (tertiary/aromatic N) is 1. The van der Waals surface area contributed by atoms with Crippen LogP contribution in [0.1, 0.15) is 50.0 Å². The molecule has 190 valence electrons. The normalized spacial score (nSPS) is 13.9. The number of amides is 1. The smallest absolute Gasteiger partial charge is 0.248 e. The molecule has 1 fully saturated rings. The van der Waals surface area contributed by atoms with Crippen LogP contribution in [0.2, 0.25) is 0 Å². The fraction of sp³-hybridized carbons (Fsp3) is 0.259. The molecule has 3 aromatic rings. The summed E-state index contributed by atoms with van der Waals surface area (Å²) in [4.78, 5) is 37.1. The van der Waals surface area contributed by atoms with E-state index in [2.05, 4.69) is 15.6 Å². The predicted octanol–water partition coefficient (Wildman–Crippen LogP) is 2.58. The molecule has 2 aromatic carbocycles. The van der Waals surface area contributed by atoms with E-state index in [1.165, 1.54) is 49.4 Å². The second-order valence-electron chi connectivity index (χ2n) is 7.76. The van der Waals surface area contributed by atoms with Gasteiger partial charge in [-0.05, 0) is 69.4 Å².